The molecule has 24 heteroatoms. The summed E-state index contributed by atoms with van der Waals surface area (Å²) >= 11 is 0. The molecule has 430 valence electrons. The molecule has 80 heavy (non-hydrogen) atoms. The lowest BCUT2D eigenvalue weighted by atomic mass is 9.83. The summed E-state index contributed by atoms with van der Waals surface area (Å²) in [7, 11) is 0. The van der Waals surface area contributed by atoms with Gasteiger partial charge in [-0.3, -0.25) is 53.1 Å². The first-order chi connectivity index (χ1) is 38.3. The molecule has 5 rings (SSSR count). The van der Waals surface area contributed by atoms with Gasteiger partial charge in [-0.2, -0.15) is 0 Å². The number of aromatic nitrogens is 1. The number of primary amides is 1. The quantitative estimate of drug-likeness (QED) is 0.0330. The number of benzene rings is 3. The highest BCUT2D eigenvalue weighted by Gasteiger charge is 2.35. The molecule has 0 radical (unpaired) electrons. The molecular formula is C56H77N15O9. The molecule has 24 nitrogen and oxygen atoms in total. The number of H-pyrrole nitrogens is 1. The third kappa shape index (κ3) is 20.3. The van der Waals surface area contributed by atoms with Crippen molar-refractivity contribution in [3.05, 3.63) is 96.2 Å². The van der Waals surface area contributed by atoms with E-state index in [1.807, 2.05) is 78.9 Å². The summed E-state index contributed by atoms with van der Waals surface area (Å²) in [6.07, 6.45) is 1.03. The highest BCUT2D eigenvalue weighted by Crippen LogP contribution is 2.27. The number of para-hydroxylation sites is 1. The Morgan fingerprint density at radius 3 is 2.01 bits per heavy atom. The fraction of sp³-hybridized carbons (Fsp3) is 0.446. The van der Waals surface area contributed by atoms with Crippen LogP contribution in [0.3, 0.4) is 0 Å². The zero-order valence-corrected chi connectivity index (χ0v) is 45.2. The molecule has 0 bridgehead atoms. The summed E-state index contributed by atoms with van der Waals surface area (Å²) in [6.45, 7) is 1.34. The van der Waals surface area contributed by atoms with E-state index in [2.05, 4.69) is 46.9 Å². The number of aromatic amines is 1. The number of fused-ring (bicyclic) bond motifs is 1. The molecule has 1 aliphatic rings. The average molecular weight is 1100 g/mol. The number of carbonyl (C=O) groups excluding carboxylic acids is 9. The van der Waals surface area contributed by atoms with Crippen LogP contribution in [0.2, 0.25) is 0 Å². The minimum atomic E-state index is -1.46. The van der Waals surface area contributed by atoms with E-state index < -0.39 is 101 Å². The lowest BCUT2D eigenvalue weighted by molar-refractivity contribution is -0.135. The summed E-state index contributed by atoms with van der Waals surface area (Å²) in [6, 6.07) is 17.9. The van der Waals surface area contributed by atoms with Gasteiger partial charge in [-0.15, -0.1) is 0 Å². The van der Waals surface area contributed by atoms with E-state index in [-0.39, 0.29) is 115 Å². The van der Waals surface area contributed by atoms with Gasteiger partial charge in [-0.1, -0.05) is 72.8 Å². The van der Waals surface area contributed by atoms with E-state index in [4.69, 9.17) is 34.4 Å². The van der Waals surface area contributed by atoms with Gasteiger partial charge >= 0.3 is 0 Å². The second kappa shape index (κ2) is 31.7. The molecule has 0 aliphatic carbocycles. The van der Waals surface area contributed by atoms with Crippen molar-refractivity contribution in [3.8, 4) is 11.1 Å². The van der Waals surface area contributed by atoms with E-state index in [1.165, 1.54) is 6.92 Å². The van der Waals surface area contributed by atoms with Crippen LogP contribution in [0.15, 0.2) is 95.0 Å². The van der Waals surface area contributed by atoms with Crippen molar-refractivity contribution in [1.82, 2.24) is 36.9 Å². The number of aliphatic imine (C=N–C) groups is 2. The number of rotatable bonds is 19. The maximum Gasteiger partial charge on any atom is 0.243 e. The molecule has 1 aromatic heterocycles. The fourth-order valence-electron chi connectivity index (χ4n) is 9.50. The fourth-order valence-corrected chi connectivity index (χ4v) is 9.50. The third-order valence-electron chi connectivity index (χ3n) is 13.7. The number of ketones is 2. The number of nitrogens with one attached hydrogen (secondary N) is 7. The summed E-state index contributed by atoms with van der Waals surface area (Å²) in [5.74, 6) is -8.50. The predicted molar refractivity (Wildman–Crippen MR) is 303 cm³/mol. The van der Waals surface area contributed by atoms with E-state index in [0.29, 0.717) is 5.56 Å². The summed E-state index contributed by atoms with van der Waals surface area (Å²) in [5.41, 5.74) is 38.0. The van der Waals surface area contributed by atoms with Crippen LogP contribution in [-0.2, 0) is 56.0 Å². The second-order valence-electron chi connectivity index (χ2n) is 20.0. The molecule has 0 unspecified atom stereocenters. The zero-order chi connectivity index (χ0) is 58.1. The SMILES string of the molecule is CC(=O)N[C@@H](CCCN=C(N)N)C(=O)N[C@H]1CCC(=O)NCCC[C@@H](C(N)=O)NC(=O)[C@H](Cc2c[nH]c3ccccc23)CC(=O)[C@H](CCCN=C(N)N)CC(=O)[C@@H](Cc2ccc(-c3ccccc3)cc2)NC(=O)[C@H](CCN)NC1=O. The summed E-state index contributed by atoms with van der Waals surface area (Å²) in [4.78, 5) is 137. The maximum atomic E-state index is 15.0. The molecule has 0 saturated carbocycles. The van der Waals surface area contributed by atoms with Gasteiger partial charge in [-0.05, 0) is 99.1 Å². The van der Waals surface area contributed by atoms with Crippen LogP contribution in [0.1, 0.15) is 88.7 Å². The molecule has 7 amide bonds. The highest BCUT2D eigenvalue weighted by atomic mass is 16.2. The van der Waals surface area contributed by atoms with Crippen molar-refractivity contribution in [2.24, 2.45) is 56.2 Å². The highest BCUT2D eigenvalue weighted by molar-refractivity contribution is 5.98. The standard InChI is InChI=1S/C56H77N15O9/c1-33(72)67-43(16-9-27-65-56(61)62)52(78)69-44-21-22-49(75)63-25-8-15-42(50(58)76)68-51(77)38(29-39-32-66-41-14-6-5-13-40(39)41)31-47(73)37(12-7-26-64-55(59)60)30-48(74)46(71-54(80)45(23-24-57)70-53(44)79)28-34-17-19-36(20-18-34)35-10-3-2-4-11-35/h2-6,10-11,13-14,17-20,32,37-38,42-46,66H,7-9,12,15-16,21-31,57H2,1H3,(H2,58,76)(H,63,75)(H,67,72)(H,68,77)(H,69,78)(H,70,79)(H,71,80)(H4,59,60,64)(H4,61,62,65)/t37-,38-,42+,43+,44+,45+,46-/m1/s1. The van der Waals surface area contributed by atoms with Crippen molar-refractivity contribution in [3.63, 3.8) is 0 Å². The van der Waals surface area contributed by atoms with E-state index in [1.54, 1.807) is 6.20 Å². The van der Waals surface area contributed by atoms with Crippen LogP contribution in [0.5, 0.6) is 0 Å². The van der Waals surface area contributed by atoms with Gasteiger partial charge in [0.25, 0.3) is 0 Å². The number of nitrogens with zero attached hydrogens (tertiary/aromatic N) is 2. The monoisotopic (exact) mass is 1100 g/mol. The Hall–Kier alpha value is -8.67. The molecule has 4 aromatic rings. The van der Waals surface area contributed by atoms with Crippen LogP contribution in [-0.4, -0.2) is 126 Å². The first-order valence-corrected chi connectivity index (χ1v) is 26.9. The number of hydrogen-bond acceptors (Lipinski definition) is 12. The Morgan fingerprint density at radius 2 is 1.34 bits per heavy atom. The lowest BCUT2D eigenvalue weighted by Gasteiger charge is -2.27. The number of guanidine groups is 2. The predicted octanol–water partition coefficient (Wildman–Crippen LogP) is -0.154. The number of carbonyl (C=O) groups is 9. The number of Topliss-reactive ketones (excluding diaryl/α,β-unsaturated/α-hetero) is 2. The smallest absolute Gasteiger partial charge is 0.243 e. The van der Waals surface area contributed by atoms with Gasteiger partial charge in [0.1, 0.15) is 30.0 Å². The molecule has 2 heterocycles. The van der Waals surface area contributed by atoms with Crippen molar-refractivity contribution < 1.29 is 43.2 Å². The minimum absolute atomic E-state index is 0.00596. The third-order valence-corrected chi connectivity index (χ3v) is 13.7. The maximum absolute atomic E-state index is 15.0. The van der Waals surface area contributed by atoms with Crippen molar-refractivity contribution >= 4 is 75.7 Å². The Kier molecular flexibility index (Phi) is 24.6. The first-order valence-electron chi connectivity index (χ1n) is 26.9. The number of hydrogen-bond donors (Lipinski definition) is 13. The van der Waals surface area contributed by atoms with Crippen LogP contribution < -0.4 is 66.3 Å². The van der Waals surface area contributed by atoms with E-state index in [9.17, 15) is 43.2 Å². The number of amides is 7. The lowest BCUT2D eigenvalue weighted by Crippen LogP contribution is -2.58. The topological polar surface area (TPSA) is 422 Å². The molecule has 19 N–H and O–H groups in total. The molecule has 1 saturated heterocycles. The van der Waals surface area contributed by atoms with Crippen LogP contribution in [0, 0.1) is 11.8 Å². The largest absolute Gasteiger partial charge is 0.370 e. The van der Waals surface area contributed by atoms with Crippen LogP contribution in [0.4, 0.5) is 0 Å². The molecule has 1 aliphatic heterocycles. The second-order valence-corrected chi connectivity index (χ2v) is 20.0. The van der Waals surface area contributed by atoms with Gasteiger partial charge in [0.15, 0.2) is 17.7 Å². The number of nitrogens with two attached hydrogens (primary N) is 6. The van der Waals surface area contributed by atoms with Crippen molar-refractivity contribution in [1.29, 1.82) is 0 Å². The van der Waals surface area contributed by atoms with Gasteiger partial charge in [0.05, 0.1) is 6.04 Å². The van der Waals surface area contributed by atoms with E-state index >= 15 is 0 Å². The normalized spacial score (nSPS) is 20.7. The molecule has 1 fully saturated rings. The van der Waals surface area contributed by atoms with E-state index in [0.717, 1.165) is 27.6 Å². The Balaban J connectivity index is 1.55. The van der Waals surface area contributed by atoms with Gasteiger partial charge in [0.2, 0.25) is 41.4 Å². The van der Waals surface area contributed by atoms with Crippen molar-refractivity contribution in [2.45, 2.75) is 121 Å². The molecule has 0 spiro atoms. The molecule has 7 atom stereocenters. The first kappa shape index (κ1) is 62.2. The van der Waals surface area contributed by atoms with Gasteiger partial charge in [-0.25, -0.2) is 0 Å². The minimum Gasteiger partial charge on any atom is -0.370 e. The zero-order valence-electron chi connectivity index (χ0n) is 45.2. The molecular weight excluding hydrogens is 1030 g/mol. The van der Waals surface area contributed by atoms with Crippen LogP contribution >= 0.6 is 0 Å². The average Bonchev–Trinajstić information content (AvgIpc) is 3.86. The van der Waals surface area contributed by atoms with Crippen molar-refractivity contribution in [2.75, 3.05) is 26.2 Å². The molecule has 3 aromatic carbocycles. The summed E-state index contributed by atoms with van der Waals surface area (Å²) in [5, 5.41) is 17.0. The summed E-state index contributed by atoms with van der Waals surface area (Å²) < 4.78 is 0. The Bertz CT molecular complexity index is 2830. The Labute approximate surface area is 464 Å². The van der Waals surface area contributed by atoms with Gasteiger partial charge < -0.3 is 71.3 Å². The van der Waals surface area contributed by atoms with Crippen LogP contribution in [0.25, 0.3) is 22.0 Å². The Morgan fingerprint density at radius 1 is 0.688 bits per heavy atom. The van der Waals surface area contributed by atoms with Gasteiger partial charge in [0, 0.05) is 74.8 Å².